The van der Waals surface area contributed by atoms with Crippen LogP contribution < -0.4 is 5.32 Å². The molecule has 1 aliphatic rings. The van der Waals surface area contributed by atoms with Gasteiger partial charge >= 0.3 is 12.0 Å². The minimum atomic E-state index is -0.704. The highest BCUT2D eigenvalue weighted by molar-refractivity contribution is 6.35. The number of hydrogen-bond donors (Lipinski definition) is 1. The quantitative estimate of drug-likeness (QED) is 0.630. The van der Waals surface area contributed by atoms with Crippen molar-refractivity contribution in [1.82, 2.24) is 15.1 Å². The number of halogens is 2. The van der Waals surface area contributed by atoms with Gasteiger partial charge in [-0.2, -0.15) is 0 Å². The van der Waals surface area contributed by atoms with Gasteiger partial charge in [-0.25, -0.2) is 9.59 Å². The summed E-state index contributed by atoms with van der Waals surface area (Å²) in [6, 6.07) is 4.04. The Morgan fingerprint density at radius 3 is 2.43 bits per heavy atom. The number of urea groups is 1. The van der Waals surface area contributed by atoms with E-state index in [0.717, 1.165) is 13.1 Å². The first-order valence-electron chi connectivity index (χ1n) is 9.53. The maximum absolute atomic E-state index is 13.0. The molecule has 6 nitrogen and oxygen atoms in total. The Labute approximate surface area is 176 Å². The van der Waals surface area contributed by atoms with Crippen molar-refractivity contribution >= 4 is 35.2 Å². The first kappa shape index (κ1) is 22.5. The topological polar surface area (TPSA) is 61.9 Å². The third-order valence-electron chi connectivity index (χ3n) is 4.79. The Bertz CT molecular complexity index is 763. The number of nitrogens with one attached hydrogen (secondary N) is 1. The molecule has 2 amide bonds. The number of hydrogen-bond acceptors (Lipinski definition) is 4. The molecule has 2 rings (SSSR count). The van der Waals surface area contributed by atoms with E-state index in [4.69, 9.17) is 27.9 Å². The number of carbonyl (C=O) groups excluding carboxylic acids is 2. The molecule has 0 saturated carbocycles. The molecule has 0 bridgehead atoms. The van der Waals surface area contributed by atoms with E-state index >= 15 is 0 Å². The minimum Gasteiger partial charge on any atom is -0.463 e. The predicted molar refractivity (Wildman–Crippen MR) is 112 cm³/mol. The average molecular weight is 428 g/mol. The lowest BCUT2D eigenvalue weighted by Crippen LogP contribution is -2.50. The Balaban J connectivity index is 2.67. The summed E-state index contributed by atoms with van der Waals surface area (Å²) in [6.45, 7) is 10.4. The molecule has 8 heteroatoms. The van der Waals surface area contributed by atoms with Gasteiger partial charge in [0, 0.05) is 28.8 Å². The van der Waals surface area contributed by atoms with E-state index < -0.39 is 12.0 Å². The van der Waals surface area contributed by atoms with Crippen LogP contribution in [0.2, 0.25) is 10.0 Å². The van der Waals surface area contributed by atoms with Gasteiger partial charge in [-0.05, 0) is 44.6 Å². The minimum absolute atomic E-state index is 0.238. The number of esters is 1. The lowest BCUT2D eigenvalue weighted by atomic mass is 9.94. The van der Waals surface area contributed by atoms with Crippen LogP contribution in [-0.4, -0.2) is 54.6 Å². The Morgan fingerprint density at radius 2 is 1.89 bits per heavy atom. The normalized spacial score (nSPS) is 17.2. The monoisotopic (exact) mass is 427 g/mol. The lowest BCUT2D eigenvalue weighted by Gasteiger charge is -2.38. The van der Waals surface area contributed by atoms with E-state index in [9.17, 15) is 9.59 Å². The van der Waals surface area contributed by atoms with E-state index in [1.807, 2.05) is 20.8 Å². The van der Waals surface area contributed by atoms with Gasteiger partial charge in [-0.3, -0.25) is 9.80 Å². The van der Waals surface area contributed by atoms with Crippen molar-refractivity contribution in [2.75, 3.05) is 32.8 Å². The smallest absolute Gasteiger partial charge is 0.338 e. The van der Waals surface area contributed by atoms with Crippen molar-refractivity contribution < 1.29 is 14.3 Å². The number of ether oxygens (including phenoxy) is 1. The number of benzene rings is 1. The summed E-state index contributed by atoms with van der Waals surface area (Å²) in [7, 11) is 0. The van der Waals surface area contributed by atoms with E-state index in [0.29, 0.717) is 40.0 Å². The van der Waals surface area contributed by atoms with E-state index in [1.165, 1.54) is 0 Å². The van der Waals surface area contributed by atoms with Crippen molar-refractivity contribution in [3.05, 3.63) is 45.1 Å². The third-order valence-corrected chi connectivity index (χ3v) is 5.35. The molecule has 1 atom stereocenters. The van der Waals surface area contributed by atoms with Crippen LogP contribution >= 0.6 is 23.2 Å². The fraction of sp³-hybridized carbons (Fsp3) is 0.500. The molecule has 0 spiro atoms. The van der Waals surface area contributed by atoms with Crippen LogP contribution in [0.4, 0.5) is 4.79 Å². The van der Waals surface area contributed by atoms with Crippen molar-refractivity contribution in [3.8, 4) is 0 Å². The number of amides is 2. The standard InChI is InChI=1S/C20H27Cl2N3O3/c1-5-24(6-2)12-16-17(19(26)28-8-4)18(23-20(27)25(16)7-3)14-10-9-13(21)11-15(14)22/h9-11,18H,5-8,12H2,1-4H3,(H,23,27). The van der Waals surface area contributed by atoms with Gasteiger partial charge in [0.15, 0.2) is 0 Å². The second kappa shape index (κ2) is 10.1. The second-order valence-electron chi connectivity index (χ2n) is 6.33. The Morgan fingerprint density at radius 1 is 1.21 bits per heavy atom. The lowest BCUT2D eigenvalue weighted by molar-refractivity contribution is -0.139. The molecule has 28 heavy (non-hydrogen) atoms. The molecule has 0 aromatic heterocycles. The highest BCUT2D eigenvalue weighted by atomic mass is 35.5. The molecule has 0 radical (unpaired) electrons. The summed E-state index contributed by atoms with van der Waals surface area (Å²) in [6.07, 6.45) is 0. The maximum atomic E-state index is 13.0. The zero-order valence-electron chi connectivity index (χ0n) is 16.7. The molecular weight excluding hydrogens is 401 g/mol. The molecule has 1 N–H and O–H groups in total. The van der Waals surface area contributed by atoms with E-state index in [-0.39, 0.29) is 12.6 Å². The van der Waals surface area contributed by atoms with E-state index in [1.54, 1.807) is 30.0 Å². The second-order valence-corrected chi connectivity index (χ2v) is 7.18. The maximum Gasteiger partial charge on any atom is 0.338 e. The van der Waals surface area contributed by atoms with Crippen LogP contribution in [-0.2, 0) is 9.53 Å². The van der Waals surface area contributed by atoms with Crippen LogP contribution in [0.25, 0.3) is 0 Å². The number of rotatable bonds is 8. The Kier molecular flexibility index (Phi) is 8.16. The van der Waals surface area contributed by atoms with Crippen molar-refractivity contribution in [2.45, 2.75) is 33.7 Å². The van der Waals surface area contributed by atoms with Crippen LogP contribution in [0.5, 0.6) is 0 Å². The molecule has 154 valence electrons. The zero-order chi connectivity index (χ0) is 20.8. The van der Waals surface area contributed by atoms with Crippen molar-refractivity contribution in [3.63, 3.8) is 0 Å². The fourth-order valence-corrected chi connectivity index (χ4v) is 3.80. The summed E-state index contributed by atoms with van der Waals surface area (Å²) < 4.78 is 5.34. The number of nitrogens with zero attached hydrogens (tertiary/aromatic N) is 2. The largest absolute Gasteiger partial charge is 0.463 e. The van der Waals surface area contributed by atoms with Crippen LogP contribution in [0.3, 0.4) is 0 Å². The zero-order valence-corrected chi connectivity index (χ0v) is 18.2. The van der Waals surface area contributed by atoms with Gasteiger partial charge in [0.2, 0.25) is 0 Å². The van der Waals surface area contributed by atoms with Gasteiger partial charge in [0.05, 0.1) is 18.2 Å². The van der Waals surface area contributed by atoms with Crippen LogP contribution in [0, 0.1) is 0 Å². The van der Waals surface area contributed by atoms with Gasteiger partial charge in [0.25, 0.3) is 0 Å². The number of likely N-dealkylation sites (N-methyl/N-ethyl adjacent to an activating group) is 2. The summed E-state index contributed by atoms with van der Waals surface area (Å²) in [5.41, 5.74) is 1.65. The molecule has 0 aliphatic carbocycles. The fourth-order valence-electron chi connectivity index (χ4n) is 3.29. The molecular formula is C20H27Cl2N3O3. The van der Waals surface area contributed by atoms with Crippen LogP contribution in [0.1, 0.15) is 39.3 Å². The first-order valence-corrected chi connectivity index (χ1v) is 10.3. The molecule has 1 aromatic rings. The molecule has 1 unspecified atom stereocenters. The summed E-state index contributed by atoms with van der Waals surface area (Å²) >= 11 is 12.4. The van der Waals surface area contributed by atoms with Crippen molar-refractivity contribution in [1.29, 1.82) is 0 Å². The average Bonchev–Trinajstić information content (AvgIpc) is 2.65. The first-order chi connectivity index (χ1) is 13.4. The van der Waals surface area contributed by atoms with Crippen molar-refractivity contribution in [2.24, 2.45) is 0 Å². The van der Waals surface area contributed by atoms with Gasteiger partial charge in [-0.1, -0.05) is 43.1 Å². The molecule has 0 saturated heterocycles. The van der Waals surface area contributed by atoms with Gasteiger partial charge < -0.3 is 10.1 Å². The molecule has 1 heterocycles. The van der Waals surface area contributed by atoms with E-state index in [2.05, 4.69) is 10.2 Å². The predicted octanol–water partition coefficient (Wildman–Crippen LogP) is 4.24. The highest BCUT2D eigenvalue weighted by Crippen LogP contribution is 2.36. The summed E-state index contributed by atoms with van der Waals surface area (Å²) in [5, 5.41) is 3.77. The summed E-state index contributed by atoms with van der Waals surface area (Å²) in [4.78, 5) is 29.5. The number of carbonyl (C=O) groups is 2. The SMILES string of the molecule is CCOC(=O)C1=C(CN(CC)CC)N(CC)C(=O)NC1c1ccc(Cl)cc1Cl. The summed E-state index contributed by atoms with van der Waals surface area (Å²) in [5.74, 6) is -0.459. The molecule has 1 aliphatic heterocycles. The molecule has 1 aromatic carbocycles. The highest BCUT2D eigenvalue weighted by Gasteiger charge is 2.38. The van der Waals surface area contributed by atoms with Crippen LogP contribution in [0.15, 0.2) is 29.5 Å². The molecule has 0 fully saturated rings. The Hall–Kier alpha value is -1.76. The van der Waals surface area contributed by atoms with Gasteiger partial charge in [-0.15, -0.1) is 0 Å². The third kappa shape index (κ3) is 4.80. The van der Waals surface area contributed by atoms with Gasteiger partial charge in [0.1, 0.15) is 0 Å².